The first-order valence-electron chi connectivity index (χ1n) is 2.94. The number of rotatable bonds is 4. The Balaban J connectivity index is 3.16. The standard InChI is InChI=1S/C5H11NO3/c1-3-5(2)4-9-6(7)8/h5H,3-4H2,1-2H3. The second-order valence-corrected chi connectivity index (χ2v) is 2.03. The average Bonchev–Trinajstić information content (AvgIpc) is 1.83. The fraction of sp³-hybridized carbons (Fsp3) is 1.00. The Labute approximate surface area is 53.9 Å². The first-order valence-corrected chi connectivity index (χ1v) is 2.94. The summed E-state index contributed by atoms with van der Waals surface area (Å²) in [6.45, 7) is 4.08. The number of nitrogens with zero attached hydrogens (tertiary/aromatic N) is 1. The van der Waals surface area contributed by atoms with Crippen molar-refractivity contribution in [1.29, 1.82) is 0 Å². The molecule has 4 nitrogen and oxygen atoms in total. The molecule has 1 unspecified atom stereocenters. The monoisotopic (exact) mass is 133 g/mol. The van der Waals surface area contributed by atoms with Gasteiger partial charge in [-0.1, -0.05) is 20.3 Å². The average molecular weight is 133 g/mol. The van der Waals surface area contributed by atoms with Crippen LogP contribution < -0.4 is 0 Å². The van der Waals surface area contributed by atoms with Gasteiger partial charge in [0.15, 0.2) is 0 Å². The molecule has 0 aromatic heterocycles. The Morgan fingerprint density at radius 2 is 2.33 bits per heavy atom. The van der Waals surface area contributed by atoms with Crippen LogP contribution in [0, 0.1) is 16.0 Å². The van der Waals surface area contributed by atoms with Gasteiger partial charge in [0.05, 0.1) is 6.61 Å². The van der Waals surface area contributed by atoms with Gasteiger partial charge in [-0.15, -0.1) is 10.1 Å². The molecule has 0 saturated heterocycles. The zero-order valence-electron chi connectivity index (χ0n) is 5.66. The van der Waals surface area contributed by atoms with Crippen LogP contribution in [0.3, 0.4) is 0 Å². The van der Waals surface area contributed by atoms with Crippen LogP contribution in [0.4, 0.5) is 0 Å². The van der Waals surface area contributed by atoms with E-state index in [0.717, 1.165) is 6.42 Å². The fourth-order valence-electron chi connectivity index (χ4n) is 0.306. The quantitative estimate of drug-likeness (QED) is 0.428. The molecule has 0 amide bonds. The molecular weight excluding hydrogens is 122 g/mol. The molecule has 0 spiro atoms. The lowest BCUT2D eigenvalue weighted by Crippen LogP contribution is -2.08. The van der Waals surface area contributed by atoms with Crippen molar-refractivity contribution in [2.24, 2.45) is 5.92 Å². The van der Waals surface area contributed by atoms with E-state index in [1.165, 1.54) is 0 Å². The van der Waals surface area contributed by atoms with E-state index in [2.05, 4.69) is 4.84 Å². The third-order valence-corrected chi connectivity index (χ3v) is 1.16. The molecule has 0 bridgehead atoms. The van der Waals surface area contributed by atoms with Gasteiger partial charge in [-0.2, -0.15) is 0 Å². The smallest absolute Gasteiger partial charge is 0.294 e. The zero-order valence-corrected chi connectivity index (χ0v) is 5.66. The van der Waals surface area contributed by atoms with Crippen LogP contribution in [0.5, 0.6) is 0 Å². The predicted molar refractivity (Wildman–Crippen MR) is 32.4 cm³/mol. The SMILES string of the molecule is CCC(C)CO[N+](=O)[O-]. The molecule has 0 aliphatic rings. The van der Waals surface area contributed by atoms with Gasteiger partial charge < -0.3 is 4.84 Å². The summed E-state index contributed by atoms with van der Waals surface area (Å²) in [6.07, 6.45) is 0.911. The normalized spacial score (nSPS) is 12.7. The van der Waals surface area contributed by atoms with Gasteiger partial charge in [-0.05, 0) is 5.92 Å². The van der Waals surface area contributed by atoms with Crippen LogP contribution in [0.25, 0.3) is 0 Å². The highest BCUT2D eigenvalue weighted by atomic mass is 16.9. The van der Waals surface area contributed by atoms with Crippen molar-refractivity contribution in [2.75, 3.05) is 6.61 Å². The molecule has 0 saturated carbocycles. The molecule has 0 heterocycles. The first-order chi connectivity index (χ1) is 4.16. The summed E-state index contributed by atoms with van der Waals surface area (Å²) in [7, 11) is 0. The Bertz CT molecular complexity index is 94.2. The minimum Gasteiger partial charge on any atom is -0.314 e. The second kappa shape index (κ2) is 4.12. The second-order valence-electron chi connectivity index (χ2n) is 2.03. The molecule has 0 aliphatic heterocycles. The van der Waals surface area contributed by atoms with Gasteiger partial charge in [0.25, 0.3) is 5.09 Å². The third-order valence-electron chi connectivity index (χ3n) is 1.16. The van der Waals surface area contributed by atoms with Gasteiger partial charge in [0, 0.05) is 0 Å². The van der Waals surface area contributed by atoms with Crippen molar-refractivity contribution in [2.45, 2.75) is 20.3 Å². The molecule has 1 atom stereocenters. The van der Waals surface area contributed by atoms with Crippen molar-refractivity contribution < 1.29 is 9.92 Å². The topological polar surface area (TPSA) is 52.4 Å². The van der Waals surface area contributed by atoms with E-state index < -0.39 is 5.09 Å². The van der Waals surface area contributed by atoms with Gasteiger partial charge in [0.1, 0.15) is 0 Å². The molecule has 0 fully saturated rings. The Kier molecular flexibility index (Phi) is 3.75. The van der Waals surface area contributed by atoms with E-state index in [0.29, 0.717) is 0 Å². The maximum Gasteiger partial charge on any atom is 0.294 e. The summed E-state index contributed by atoms with van der Waals surface area (Å²) >= 11 is 0. The maximum atomic E-state index is 9.60. The minimum absolute atomic E-state index is 0.212. The number of hydrogen-bond acceptors (Lipinski definition) is 3. The lowest BCUT2D eigenvalue weighted by molar-refractivity contribution is -0.759. The van der Waals surface area contributed by atoms with Crippen molar-refractivity contribution in [3.05, 3.63) is 10.1 Å². The summed E-state index contributed by atoms with van der Waals surface area (Å²) in [6, 6.07) is 0. The summed E-state index contributed by atoms with van der Waals surface area (Å²) < 4.78 is 0. The molecule has 4 heteroatoms. The summed E-state index contributed by atoms with van der Waals surface area (Å²) in [4.78, 5) is 13.7. The van der Waals surface area contributed by atoms with Crippen molar-refractivity contribution in [1.82, 2.24) is 0 Å². The zero-order chi connectivity index (χ0) is 7.28. The molecule has 0 N–H and O–H groups in total. The first kappa shape index (κ1) is 8.20. The molecule has 0 aromatic carbocycles. The van der Waals surface area contributed by atoms with Crippen LogP contribution >= 0.6 is 0 Å². The van der Waals surface area contributed by atoms with Crippen molar-refractivity contribution >= 4 is 0 Å². The summed E-state index contributed by atoms with van der Waals surface area (Å²) in [5.41, 5.74) is 0. The minimum atomic E-state index is -0.758. The molecule has 0 rings (SSSR count). The van der Waals surface area contributed by atoms with E-state index in [1.54, 1.807) is 0 Å². The van der Waals surface area contributed by atoms with E-state index in [-0.39, 0.29) is 12.5 Å². The van der Waals surface area contributed by atoms with E-state index in [1.807, 2.05) is 13.8 Å². The van der Waals surface area contributed by atoms with Crippen LogP contribution in [0.1, 0.15) is 20.3 Å². The summed E-state index contributed by atoms with van der Waals surface area (Å²) in [5, 5.41) is 8.85. The van der Waals surface area contributed by atoms with E-state index in [4.69, 9.17) is 0 Å². The molecule has 0 aromatic rings. The van der Waals surface area contributed by atoms with Gasteiger partial charge >= 0.3 is 0 Å². The van der Waals surface area contributed by atoms with Gasteiger partial charge in [-0.3, -0.25) is 0 Å². The van der Waals surface area contributed by atoms with Crippen molar-refractivity contribution in [3.8, 4) is 0 Å². The highest BCUT2D eigenvalue weighted by Gasteiger charge is 2.00. The highest BCUT2D eigenvalue weighted by Crippen LogP contribution is 1.99. The summed E-state index contributed by atoms with van der Waals surface area (Å²) in [5.74, 6) is 0.274. The molecule has 54 valence electrons. The molecule has 9 heavy (non-hydrogen) atoms. The number of hydrogen-bond donors (Lipinski definition) is 0. The van der Waals surface area contributed by atoms with Gasteiger partial charge in [-0.25, -0.2) is 0 Å². The fourth-order valence-corrected chi connectivity index (χ4v) is 0.306. The van der Waals surface area contributed by atoms with Gasteiger partial charge in [0.2, 0.25) is 0 Å². The lowest BCUT2D eigenvalue weighted by atomic mass is 10.1. The maximum absolute atomic E-state index is 9.60. The predicted octanol–water partition coefficient (Wildman–Crippen LogP) is 1.24. The van der Waals surface area contributed by atoms with Crippen LogP contribution in [0.15, 0.2) is 0 Å². The Morgan fingerprint density at radius 3 is 2.67 bits per heavy atom. The van der Waals surface area contributed by atoms with E-state index in [9.17, 15) is 10.1 Å². The third kappa shape index (κ3) is 5.06. The molecule has 0 aliphatic carbocycles. The molecular formula is C5H11NO3. The lowest BCUT2D eigenvalue weighted by Gasteiger charge is -2.03. The molecule has 0 radical (unpaired) electrons. The largest absolute Gasteiger partial charge is 0.314 e. The van der Waals surface area contributed by atoms with Crippen molar-refractivity contribution in [3.63, 3.8) is 0 Å². The Morgan fingerprint density at radius 1 is 1.78 bits per heavy atom. The Hall–Kier alpha value is -0.800. The van der Waals surface area contributed by atoms with Crippen LogP contribution in [0.2, 0.25) is 0 Å². The highest BCUT2D eigenvalue weighted by molar-refractivity contribution is 4.42. The van der Waals surface area contributed by atoms with Crippen LogP contribution in [-0.4, -0.2) is 11.7 Å². The van der Waals surface area contributed by atoms with E-state index >= 15 is 0 Å². The van der Waals surface area contributed by atoms with Crippen LogP contribution in [-0.2, 0) is 4.84 Å².